The highest BCUT2D eigenvalue weighted by Crippen LogP contribution is 2.20. The number of nitrogens with zero attached hydrogens (tertiary/aromatic N) is 2. The maximum absolute atomic E-state index is 12.2. The summed E-state index contributed by atoms with van der Waals surface area (Å²) in [6.45, 7) is 10.1. The molecule has 0 aromatic carbocycles. The number of hydrogen-bond donors (Lipinski definition) is 1. The van der Waals surface area contributed by atoms with Gasteiger partial charge in [0.15, 0.2) is 0 Å². The molecule has 1 N–H and O–H groups in total. The molecule has 1 amide bonds. The summed E-state index contributed by atoms with van der Waals surface area (Å²) in [6, 6.07) is 0.570. The number of rotatable bonds is 2. The van der Waals surface area contributed by atoms with Crippen LogP contribution in [0.15, 0.2) is 0 Å². The zero-order valence-electron chi connectivity index (χ0n) is 10.4. The number of piperazine rings is 1. The van der Waals surface area contributed by atoms with E-state index in [1.54, 1.807) is 0 Å². The number of carbonyl (C=O) groups is 1. The first-order valence-corrected chi connectivity index (χ1v) is 6.42. The number of amides is 1. The lowest BCUT2D eigenvalue weighted by Crippen LogP contribution is -2.48. The molecule has 0 aromatic heterocycles. The highest BCUT2D eigenvalue weighted by molar-refractivity contribution is 5.79. The van der Waals surface area contributed by atoms with E-state index in [4.69, 9.17) is 0 Å². The van der Waals surface area contributed by atoms with E-state index in [0.717, 1.165) is 45.7 Å². The molecule has 0 bridgehead atoms. The van der Waals surface area contributed by atoms with E-state index in [1.807, 2.05) is 4.90 Å². The van der Waals surface area contributed by atoms with Crippen molar-refractivity contribution in [3.8, 4) is 0 Å². The van der Waals surface area contributed by atoms with Gasteiger partial charge in [-0.15, -0.1) is 0 Å². The van der Waals surface area contributed by atoms with Crippen LogP contribution in [0.3, 0.4) is 0 Å². The van der Waals surface area contributed by atoms with Crippen LogP contribution < -0.4 is 5.32 Å². The summed E-state index contributed by atoms with van der Waals surface area (Å²) in [5, 5.41) is 3.28. The minimum atomic E-state index is 0.250. The molecule has 2 rings (SSSR count). The molecular formula is C12H23N3O. The molecule has 92 valence electrons. The Hall–Kier alpha value is -0.610. The molecule has 2 saturated heterocycles. The fourth-order valence-electron chi connectivity index (χ4n) is 2.60. The smallest absolute Gasteiger partial charge is 0.227 e. The Labute approximate surface area is 98.0 Å². The molecule has 2 heterocycles. The zero-order valence-corrected chi connectivity index (χ0v) is 10.4. The lowest BCUT2D eigenvalue weighted by molar-refractivity contribution is -0.135. The first-order valence-electron chi connectivity index (χ1n) is 6.42. The predicted octanol–water partition coefficient (Wildman–Crippen LogP) is 0.149. The third-order valence-electron chi connectivity index (χ3n) is 3.73. The third kappa shape index (κ3) is 2.55. The Balaban J connectivity index is 1.86. The first-order chi connectivity index (χ1) is 7.68. The van der Waals surface area contributed by atoms with Crippen molar-refractivity contribution in [2.24, 2.45) is 5.92 Å². The van der Waals surface area contributed by atoms with Gasteiger partial charge in [-0.25, -0.2) is 0 Å². The summed E-state index contributed by atoms with van der Waals surface area (Å²) in [5.74, 6) is 0.630. The molecule has 4 nitrogen and oxygen atoms in total. The lowest BCUT2D eigenvalue weighted by atomic mass is 10.1. The van der Waals surface area contributed by atoms with E-state index < -0.39 is 0 Å². The highest BCUT2D eigenvalue weighted by Gasteiger charge is 2.32. The fraction of sp³-hybridized carbons (Fsp3) is 0.917. The topological polar surface area (TPSA) is 35.6 Å². The molecule has 0 aliphatic carbocycles. The van der Waals surface area contributed by atoms with Crippen LogP contribution in [0.5, 0.6) is 0 Å². The van der Waals surface area contributed by atoms with Crippen LogP contribution in [0, 0.1) is 5.92 Å². The SMILES string of the molecule is CC(C)N1CC[C@H](C(=O)N2CCNCC2)C1. The van der Waals surface area contributed by atoms with Crippen molar-refractivity contribution >= 4 is 5.91 Å². The maximum atomic E-state index is 12.2. The van der Waals surface area contributed by atoms with Gasteiger partial charge in [0.2, 0.25) is 5.91 Å². The van der Waals surface area contributed by atoms with Crippen LogP contribution in [0.25, 0.3) is 0 Å². The Morgan fingerprint density at radius 1 is 1.25 bits per heavy atom. The van der Waals surface area contributed by atoms with Gasteiger partial charge in [-0.2, -0.15) is 0 Å². The second kappa shape index (κ2) is 5.15. The monoisotopic (exact) mass is 225 g/mol. The average Bonchev–Trinajstić information content (AvgIpc) is 2.78. The number of nitrogens with one attached hydrogen (secondary N) is 1. The van der Waals surface area contributed by atoms with Gasteiger partial charge in [0.05, 0.1) is 5.92 Å². The maximum Gasteiger partial charge on any atom is 0.227 e. The Morgan fingerprint density at radius 3 is 2.50 bits per heavy atom. The molecule has 0 radical (unpaired) electrons. The normalized spacial score (nSPS) is 27.7. The summed E-state index contributed by atoms with van der Waals surface area (Å²) in [5.41, 5.74) is 0. The van der Waals surface area contributed by atoms with Crippen LogP contribution in [0.2, 0.25) is 0 Å². The molecule has 0 saturated carbocycles. The van der Waals surface area contributed by atoms with Gasteiger partial charge >= 0.3 is 0 Å². The third-order valence-corrected chi connectivity index (χ3v) is 3.73. The second-order valence-corrected chi connectivity index (χ2v) is 5.15. The summed E-state index contributed by atoms with van der Waals surface area (Å²) in [4.78, 5) is 16.7. The van der Waals surface area contributed by atoms with Crippen LogP contribution >= 0.6 is 0 Å². The predicted molar refractivity (Wildman–Crippen MR) is 64.3 cm³/mol. The van der Waals surface area contributed by atoms with Gasteiger partial charge in [0.1, 0.15) is 0 Å². The van der Waals surface area contributed by atoms with Crippen LogP contribution in [-0.2, 0) is 4.79 Å². The van der Waals surface area contributed by atoms with Crippen LogP contribution in [-0.4, -0.2) is 61.0 Å². The molecule has 0 aromatic rings. The first kappa shape index (κ1) is 11.9. The van der Waals surface area contributed by atoms with Crippen molar-refractivity contribution < 1.29 is 4.79 Å². The fourth-order valence-corrected chi connectivity index (χ4v) is 2.60. The zero-order chi connectivity index (χ0) is 11.5. The summed E-state index contributed by atoms with van der Waals surface area (Å²) in [7, 11) is 0. The molecule has 2 aliphatic rings. The molecule has 2 aliphatic heterocycles. The van der Waals surface area contributed by atoms with Crippen molar-refractivity contribution in [2.45, 2.75) is 26.3 Å². The highest BCUT2D eigenvalue weighted by atomic mass is 16.2. The van der Waals surface area contributed by atoms with E-state index in [1.165, 1.54) is 0 Å². The molecule has 16 heavy (non-hydrogen) atoms. The van der Waals surface area contributed by atoms with Crippen molar-refractivity contribution in [1.29, 1.82) is 0 Å². The van der Waals surface area contributed by atoms with E-state index in [9.17, 15) is 4.79 Å². The molecular weight excluding hydrogens is 202 g/mol. The van der Waals surface area contributed by atoms with Gasteiger partial charge in [0.25, 0.3) is 0 Å². The van der Waals surface area contributed by atoms with E-state index in [0.29, 0.717) is 11.9 Å². The Bertz CT molecular complexity index is 249. The van der Waals surface area contributed by atoms with Crippen molar-refractivity contribution in [1.82, 2.24) is 15.1 Å². The van der Waals surface area contributed by atoms with E-state index in [-0.39, 0.29) is 5.92 Å². The Morgan fingerprint density at radius 2 is 1.94 bits per heavy atom. The minimum Gasteiger partial charge on any atom is -0.340 e. The number of likely N-dealkylation sites (tertiary alicyclic amines) is 1. The van der Waals surface area contributed by atoms with Gasteiger partial charge < -0.3 is 15.1 Å². The van der Waals surface area contributed by atoms with Crippen LogP contribution in [0.1, 0.15) is 20.3 Å². The summed E-state index contributed by atoms with van der Waals surface area (Å²) >= 11 is 0. The van der Waals surface area contributed by atoms with Gasteiger partial charge in [-0.3, -0.25) is 4.79 Å². The number of carbonyl (C=O) groups excluding carboxylic acids is 1. The molecule has 0 unspecified atom stereocenters. The largest absolute Gasteiger partial charge is 0.340 e. The summed E-state index contributed by atoms with van der Waals surface area (Å²) < 4.78 is 0. The van der Waals surface area contributed by atoms with Crippen LogP contribution in [0.4, 0.5) is 0 Å². The molecule has 1 atom stereocenters. The van der Waals surface area contributed by atoms with E-state index >= 15 is 0 Å². The Kier molecular flexibility index (Phi) is 3.82. The van der Waals surface area contributed by atoms with E-state index in [2.05, 4.69) is 24.1 Å². The van der Waals surface area contributed by atoms with Gasteiger partial charge in [0, 0.05) is 38.8 Å². The minimum absolute atomic E-state index is 0.250. The lowest BCUT2D eigenvalue weighted by Gasteiger charge is -2.30. The van der Waals surface area contributed by atoms with Gasteiger partial charge in [-0.1, -0.05) is 0 Å². The van der Waals surface area contributed by atoms with Gasteiger partial charge in [-0.05, 0) is 26.8 Å². The average molecular weight is 225 g/mol. The number of hydrogen-bond acceptors (Lipinski definition) is 3. The van der Waals surface area contributed by atoms with Crippen molar-refractivity contribution in [3.05, 3.63) is 0 Å². The second-order valence-electron chi connectivity index (χ2n) is 5.15. The van der Waals surface area contributed by atoms with Crippen molar-refractivity contribution in [2.75, 3.05) is 39.3 Å². The standard InChI is InChI=1S/C12H23N3O/c1-10(2)15-6-3-11(9-15)12(16)14-7-4-13-5-8-14/h10-11,13H,3-9H2,1-2H3/t11-/m0/s1. The summed E-state index contributed by atoms with van der Waals surface area (Å²) in [6.07, 6.45) is 1.04. The molecule has 2 fully saturated rings. The quantitative estimate of drug-likeness (QED) is 0.726. The molecule has 4 heteroatoms. The molecule has 0 spiro atoms. The van der Waals surface area contributed by atoms with Crippen molar-refractivity contribution in [3.63, 3.8) is 0 Å².